The Morgan fingerprint density at radius 1 is 1.30 bits per heavy atom. The minimum atomic E-state index is -0.441. The number of amides is 1. The summed E-state index contributed by atoms with van der Waals surface area (Å²) in [6.07, 6.45) is 3.82. The summed E-state index contributed by atoms with van der Waals surface area (Å²) in [6.45, 7) is 9.20. The SMILES string of the molecule is CC(C)(C)OC(=O)N1CCCC2(C1)CN(c1ccc(N)nc1)C2. The van der Waals surface area contributed by atoms with E-state index in [1.807, 2.05) is 44.0 Å². The Kier molecular flexibility index (Phi) is 3.86. The van der Waals surface area contributed by atoms with Crippen molar-refractivity contribution in [1.82, 2.24) is 9.88 Å². The molecular weight excluding hydrogens is 292 g/mol. The van der Waals surface area contributed by atoms with E-state index in [1.54, 1.807) is 0 Å². The Morgan fingerprint density at radius 3 is 2.65 bits per heavy atom. The van der Waals surface area contributed by atoms with Crippen LogP contribution in [0.5, 0.6) is 0 Å². The van der Waals surface area contributed by atoms with Crippen molar-refractivity contribution in [2.24, 2.45) is 5.41 Å². The van der Waals surface area contributed by atoms with E-state index >= 15 is 0 Å². The summed E-state index contributed by atoms with van der Waals surface area (Å²) in [5.41, 5.74) is 6.48. The average molecular weight is 318 g/mol. The van der Waals surface area contributed by atoms with E-state index in [4.69, 9.17) is 10.5 Å². The zero-order chi connectivity index (χ0) is 16.7. The number of hydrogen-bond acceptors (Lipinski definition) is 5. The minimum absolute atomic E-state index is 0.191. The van der Waals surface area contributed by atoms with Crippen LogP contribution in [-0.4, -0.2) is 47.8 Å². The van der Waals surface area contributed by atoms with Gasteiger partial charge < -0.3 is 20.3 Å². The van der Waals surface area contributed by atoms with Gasteiger partial charge in [0.25, 0.3) is 0 Å². The third-order valence-corrected chi connectivity index (χ3v) is 4.50. The summed E-state index contributed by atoms with van der Waals surface area (Å²) in [5.74, 6) is 0.540. The molecule has 0 atom stereocenters. The van der Waals surface area contributed by atoms with Gasteiger partial charge in [-0.25, -0.2) is 9.78 Å². The van der Waals surface area contributed by atoms with E-state index in [0.717, 1.165) is 44.7 Å². The fourth-order valence-electron chi connectivity index (χ4n) is 3.48. The molecule has 6 nitrogen and oxygen atoms in total. The highest BCUT2D eigenvalue weighted by Crippen LogP contribution is 2.41. The van der Waals surface area contributed by atoms with Gasteiger partial charge in [-0.2, -0.15) is 0 Å². The molecule has 3 rings (SSSR count). The first kappa shape index (κ1) is 15.9. The number of piperidine rings is 1. The van der Waals surface area contributed by atoms with E-state index in [2.05, 4.69) is 9.88 Å². The second kappa shape index (κ2) is 5.58. The number of nitrogen functional groups attached to an aromatic ring is 1. The first-order chi connectivity index (χ1) is 10.8. The third kappa shape index (κ3) is 3.51. The number of anilines is 2. The summed E-state index contributed by atoms with van der Waals surface area (Å²) in [5, 5.41) is 0. The molecule has 3 heterocycles. The van der Waals surface area contributed by atoms with Gasteiger partial charge >= 0.3 is 6.09 Å². The maximum absolute atomic E-state index is 12.3. The highest BCUT2D eigenvalue weighted by Gasteiger charge is 2.47. The number of likely N-dealkylation sites (tertiary alicyclic amines) is 1. The van der Waals surface area contributed by atoms with Crippen molar-refractivity contribution in [2.45, 2.75) is 39.2 Å². The Hall–Kier alpha value is -1.98. The van der Waals surface area contributed by atoms with Crippen molar-refractivity contribution in [2.75, 3.05) is 36.8 Å². The number of ether oxygens (including phenoxy) is 1. The topological polar surface area (TPSA) is 71.7 Å². The Labute approximate surface area is 137 Å². The predicted molar refractivity (Wildman–Crippen MR) is 90.3 cm³/mol. The molecule has 2 fully saturated rings. The number of nitrogens with two attached hydrogens (primary N) is 1. The largest absolute Gasteiger partial charge is 0.444 e. The smallest absolute Gasteiger partial charge is 0.410 e. The van der Waals surface area contributed by atoms with Crippen LogP contribution < -0.4 is 10.6 Å². The lowest BCUT2D eigenvalue weighted by Crippen LogP contribution is -2.64. The predicted octanol–water partition coefficient (Wildman–Crippen LogP) is 2.50. The molecule has 6 heteroatoms. The van der Waals surface area contributed by atoms with E-state index in [1.165, 1.54) is 0 Å². The number of carbonyl (C=O) groups excluding carboxylic acids is 1. The summed E-state index contributed by atoms with van der Waals surface area (Å²) in [7, 11) is 0. The second-order valence-corrected chi connectivity index (χ2v) is 7.80. The number of pyridine rings is 1. The molecule has 0 unspecified atom stereocenters. The van der Waals surface area contributed by atoms with Crippen LogP contribution in [0.25, 0.3) is 0 Å². The van der Waals surface area contributed by atoms with Gasteiger partial charge in [0.1, 0.15) is 11.4 Å². The molecule has 1 aromatic heterocycles. The molecule has 2 aliphatic rings. The zero-order valence-corrected chi connectivity index (χ0v) is 14.2. The molecule has 126 valence electrons. The minimum Gasteiger partial charge on any atom is -0.444 e. The number of nitrogens with zero attached hydrogens (tertiary/aromatic N) is 3. The molecule has 0 aromatic carbocycles. The molecule has 0 aliphatic carbocycles. The highest BCUT2D eigenvalue weighted by atomic mass is 16.6. The van der Waals surface area contributed by atoms with Gasteiger partial charge in [0, 0.05) is 31.6 Å². The number of rotatable bonds is 1. The molecule has 0 bridgehead atoms. The maximum atomic E-state index is 12.3. The number of carbonyl (C=O) groups is 1. The molecule has 2 saturated heterocycles. The van der Waals surface area contributed by atoms with Crippen molar-refractivity contribution in [3.8, 4) is 0 Å². The van der Waals surface area contributed by atoms with Crippen LogP contribution in [0.3, 0.4) is 0 Å². The van der Waals surface area contributed by atoms with E-state index in [-0.39, 0.29) is 11.5 Å². The van der Waals surface area contributed by atoms with Gasteiger partial charge in [0.2, 0.25) is 0 Å². The van der Waals surface area contributed by atoms with Gasteiger partial charge in [-0.1, -0.05) is 0 Å². The zero-order valence-electron chi connectivity index (χ0n) is 14.2. The van der Waals surface area contributed by atoms with Crippen LogP contribution in [0.1, 0.15) is 33.6 Å². The Balaban J connectivity index is 1.59. The lowest BCUT2D eigenvalue weighted by Gasteiger charge is -2.55. The molecule has 1 amide bonds. The maximum Gasteiger partial charge on any atom is 0.410 e. The summed E-state index contributed by atoms with van der Waals surface area (Å²) in [4.78, 5) is 20.6. The van der Waals surface area contributed by atoms with Crippen molar-refractivity contribution in [3.63, 3.8) is 0 Å². The molecule has 1 aromatic rings. The quantitative estimate of drug-likeness (QED) is 0.861. The summed E-state index contributed by atoms with van der Waals surface area (Å²) < 4.78 is 5.51. The standard InChI is InChI=1S/C17H26N4O2/c1-16(2,3)23-15(22)20-8-4-7-17(10-20)11-21(12-17)13-5-6-14(18)19-9-13/h5-6,9H,4,7-8,10-12H2,1-3H3,(H2,18,19). The van der Waals surface area contributed by atoms with Gasteiger partial charge in [-0.05, 0) is 45.7 Å². The molecule has 0 saturated carbocycles. The molecular formula is C17H26N4O2. The van der Waals surface area contributed by atoms with Crippen LogP contribution in [-0.2, 0) is 4.74 Å². The molecule has 2 aliphatic heterocycles. The van der Waals surface area contributed by atoms with Crippen molar-refractivity contribution in [3.05, 3.63) is 18.3 Å². The first-order valence-electron chi connectivity index (χ1n) is 8.21. The summed E-state index contributed by atoms with van der Waals surface area (Å²) in [6, 6.07) is 3.83. The Morgan fingerprint density at radius 2 is 2.04 bits per heavy atom. The number of aromatic nitrogens is 1. The van der Waals surface area contributed by atoms with Crippen LogP contribution in [0.15, 0.2) is 18.3 Å². The van der Waals surface area contributed by atoms with Crippen molar-refractivity contribution < 1.29 is 9.53 Å². The molecule has 1 spiro atoms. The lowest BCUT2D eigenvalue weighted by atomic mass is 9.73. The monoisotopic (exact) mass is 318 g/mol. The summed E-state index contributed by atoms with van der Waals surface area (Å²) >= 11 is 0. The highest BCUT2D eigenvalue weighted by molar-refractivity contribution is 5.68. The third-order valence-electron chi connectivity index (χ3n) is 4.50. The molecule has 2 N–H and O–H groups in total. The van der Waals surface area contributed by atoms with Crippen molar-refractivity contribution >= 4 is 17.6 Å². The average Bonchev–Trinajstić information content (AvgIpc) is 2.44. The normalized spacial score (nSPS) is 20.3. The van der Waals surface area contributed by atoms with Gasteiger partial charge in [0.05, 0.1) is 11.9 Å². The fourth-order valence-corrected chi connectivity index (χ4v) is 3.48. The first-order valence-corrected chi connectivity index (χ1v) is 8.21. The van der Waals surface area contributed by atoms with E-state index < -0.39 is 5.60 Å². The van der Waals surface area contributed by atoms with Gasteiger partial charge in [0.15, 0.2) is 0 Å². The van der Waals surface area contributed by atoms with E-state index in [0.29, 0.717) is 5.82 Å². The molecule has 0 radical (unpaired) electrons. The molecule has 23 heavy (non-hydrogen) atoms. The van der Waals surface area contributed by atoms with Crippen LogP contribution in [0.2, 0.25) is 0 Å². The van der Waals surface area contributed by atoms with Crippen molar-refractivity contribution in [1.29, 1.82) is 0 Å². The van der Waals surface area contributed by atoms with Crippen LogP contribution in [0.4, 0.5) is 16.3 Å². The van der Waals surface area contributed by atoms with Gasteiger partial charge in [-0.3, -0.25) is 0 Å². The fraction of sp³-hybridized carbons (Fsp3) is 0.647. The lowest BCUT2D eigenvalue weighted by molar-refractivity contribution is -0.00145. The number of hydrogen-bond donors (Lipinski definition) is 1. The Bertz CT molecular complexity index is 573. The second-order valence-electron chi connectivity index (χ2n) is 7.80. The van der Waals surface area contributed by atoms with Crippen LogP contribution >= 0.6 is 0 Å². The van der Waals surface area contributed by atoms with E-state index in [9.17, 15) is 4.79 Å². The van der Waals surface area contributed by atoms with Gasteiger partial charge in [-0.15, -0.1) is 0 Å². The van der Waals surface area contributed by atoms with Crippen LogP contribution in [0, 0.1) is 5.41 Å².